The fraction of sp³-hybridized carbons (Fsp3) is 0.250. The van der Waals surface area contributed by atoms with Crippen LogP contribution >= 0.6 is 22.6 Å². The predicted octanol–water partition coefficient (Wildman–Crippen LogP) is 2.84. The van der Waals surface area contributed by atoms with Gasteiger partial charge >= 0.3 is 0 Å². The number of fused-ring (bicyclic) bond motifs is 1. The number of hydrogen-bond donors (Lipinski definition) is 0. The maximum absolute atomic E-state index is 5.40. The van der Waals surface area contributed by atoms with Crippen LogP contribution in [0, 0.1) is 3.57 Å². The Morgan fingerprint density at radius 1 is 1.00 bits per heavy atom. The van der Waals surface area contributed by atoms with Gasteiger partial charge in [-0.25, -0.2) is 9.50 Å². The molecule has 0 amide bonds. The van der Waals surface area contributed by atoms with E-state index in [1.807, 2.05) is 23.1 Å². The molecule has 0 unspecified atom stereocenters. The summed E-state index contributed by atoms with van der Waals surface area (Å²) in [6, 6.07) is 8.61. The third-order valence-electron chi connectivity index (χ3n) is 3.89. The van der Waals surface area contributed by atoms with E-state index in [1.54, 1.807) is 0 Å². The molecule has 1 aromatic carbocycles. The van der Waals surface area contributed by atoms with E-state index < -0.39 is 0 Å². The zero-order valence-electron chi connectivity index (χ0n) is 11.9. The van der Waals surface area contributed by atoms with Gasteiger partial charge in [0.25, 0.3) is 0 Å². The van der Waals surface area contributed by atoms with E-state index in [0.717, 1.165) is 46.6 Å². The highest BCUT2D eigenvalue weighted by Crippen LogP contribution is 2.24. The van der Waals surface area contributed by atoms with Crippen LogP contribution < -0.4 is 4.90 Å². The SMILES string of the molecule is Ic1cnn2cc(-c3ccc(N4CCOCC4)cc3)cnc12. The van der Waals surface area contributed by atoms with Gasteiger partial charge < -0.3 is 9.64 Å². The van der Waals surface area contributed by atoms with Crippen molar-refractivity contribution < 1.29 is 4.74 Å². The van der Waals surface area contributed by atoms with E-state index >= 15 is 0 Å². The first kappa shape index (κ1) is 14.0. The Bertz CT molecular complexity index is 794. The van der Waals surface area contributed by atoms with Crippen molar-refractivity contribution in [1.82, 2.24) is 14.6 Å². The van der Waals surface area contributed by atoms with Crippen molar-refractivity contribution in [2.45, 2.75) is 0 Å². The monoisotopic (exact) mass is 406 g/mol. The lowest BCUT2D eigenvalue weighted by atomic mass is 10.1. The Kier molecular flexibility index (Phi) is 3.71. The lowest BCUT2D eigenvalue weighted by Crippen LogP contribution is -2.36. The third kappa shape index (κ3) is 2.56. The maximum atomic E-state index is 5.40. The molecule has 5 nitrogen and oxygen atoms in total. The van der Waals surface area contributed by atoms with Crippen molar-refractivity contribution in [3.05, 3.63) is 46.4 Å². The van der Waals surface area contributed by atoms with E-state index in [-0.39, 0.29) is 0 Å². The van der Waals surface area contributed by atoms with Gasteiger partial charge in [0, 0.05) is 36.7 Å². The highest BCUT2D eigenvalue weighted by Gasteiger charge is 2.11. The van der Waals surface area contributed by atoms with Crippen molar-refractivity contribution in [2.24, 2.45) is 0 Å². The lowest BCUT2D eigenvalue weighted by molar-refractivity contribution is 0.122. The third-order valence-corrected chi connectivity index (χ3v) is 4.65. The van der Waals surface area contributed by atoms with Crippen LogP contribution in [-0.2, 0) is 4.74 Å². The molecule has 6 heteroatoms. The van der Waals surface area contributed by atoms with Gasteiger partial charge in [0.2, 0.25) is 0 Å². The van der Waals surface area contributed by atoms with Gasteiger partial charge in [-0.1, -0.05) is 12.1 Å². The van der Waals surface area contributed by atoms with Gasteiger partial charge in [-0.3, -0.25) is 0 Å². The first-order valence-electron chi connectivity index (χ1n) is 7.23. The van der Waals surface area contributed by atoms with Crippen LogP contribution in [-0.4, -0.2) is 40.9 Å². The number of benzene rings is 1. The Labute approximate surface area is 142 Å². The zero-order valence-corrected chi connectivity index (χ0v) is 14.1. The number of morpholine rings is 1. The summed E-state index contributed by atoms with van der Waals surface area (Å²) >= 11 is 2.25. The summed E-state index contributed by atoms with van der Waals surface area (Å²) < 4.78 is 8.29. The molecule has 0 radical (unpaired) electrons. The minimum Gasteiger partial charge on any atom is -0.378 e. The summed E-state index contributed by atoms with van der Waals surface area (Å²) in [4.78, 5) is 6.85. The number of aromatic nitrogens is 3. The van der Waals surface area contributed by atoms with Gasteiger partial charge in [-0.15, -0.1) is 0 Å². The molecule has 3 aromatic rings. The number of ether oxygens (including phenoxy) is 1. The van der Waals surface area contributed by atoms with Gasteiger partial charge in [-0.05, 0) is 40.3 Å². The summed E-state index contributed by atoms with van der Waals surface area (Å²) in [6.45, 7) is 3.53. The maximum Gasteiger partial charge on any atom is 0.168 e. The van der Waals surface area contributed by atoms with Crippen molar-refractivity contribution >= 4 is 33.9 Å². The van der Waals surface area contributed by atoms with Crippen molar-refractivity contribution in [1.29, 1.82) is 0 Å². The standard InChI is InChI=1S/C16H15IN4O/c17-15-10-19-21-11-13(9-18-16(15)21)12-1-3-14(4-2-12)20-5-7-22-8-6-20/h1-4,9-11H,5-8H2. The van der Waals surface area contributed by atoms with Crippen molar-refractivity contribution in [3.63, 3.8) is 0 Å². The number of hydrogen-bond acceptors (Lipinski definition) is 4. The average molecular weight is 406 g/mol. The van der Waals surface area contributed by atoms with Crippen LogP contribution in [0.3, 0.4) is 0 Å². The van der Waals surface area contributed by atoms with E-state index in [4.69, 9.17) is 4.74 Å². The summed E-state index contributed by atoms with van der Waals surface area (Å²) in [5.41, 5.74) is 4.36. The zero-order chi connectivity index (χ0) is 14.9. The first-order valence-corrected chi connectivity index (χ1v) is 8.31. The molecule has 2 aromatic heterocycles. The number of rotatable bonds is 2. The highest BCUT2D eigenvalue weighted by atomic mass is 127. The van der Waals surface area contributed by atoms with Crippen LogP contribution in [0.4, 0.5) is 5.69 Å². The number of halogens is 1. The Morgan fingerprint density at radius 3 is 2.55 bits per heavy atom. The fourth-order valence-corrected chi connectivity index (χ4v) is 3.19. The molecule has 3 heterocycles. The van der Waals surface area contributed by atoms with Crippen LogP contribution in [0.1, 0.15) is 0 Å². The molecule has 0 aliphatic carbocycles. The van der Waals surface area contributed by atoms with E-state index in [9.17, 15) is 0 Å². The van der Waals surface area contributed by atoms with Crippen molar-refractivity contribution in [3.8, 4) is 11.1 Å². The smallest absolute Gasteiger partial charge is 0.168 e. The van der Waals surface area contributed by atoms with Crippen LogP contribution in [0.2, 0.25) is 0 Å². The lowest BCUT2D eigenvalue weighted by Gasteiger charge is -2.28. The second-order valence-electron chi connectivity index (χ2n) is 5.25. The Morgan fingerprint density at radius 2 is 1.77 bits per heavy atom. The topological polar surface area (TPSA) is 42.7 Å². The van der Waals surface area contributed by atoms with Crippen LogP contribution in [0.5, 0.6) is 0 Å². The molecule has 22 heavy (non-hydrogen) atoms. The summed E-state index contributed by atoms with van der Waals surface area (Å²) in [6.07, 6.45) is 5.76. The van der Waals surface area contributed by atoms with Gasteiger partial charge in [0.05, 0.1) is 23.0 Å². The molecule has 0 N–H and O–H groups in total. The molecule has 0 saturated carbocycles. The molecule has 0 spiro atoms. The molecule has 112 valence electrons. The number of nitrogens with zero attached hydrogens (tertiary/aromatic N) is 4. The molecule has 1 fully saturated rings. The molecule has 0 atom stereocenters. The minimum atomic E-state index is 0.806. The Balaban J connectivity index is 1.63. The highest BCUT2D eigenvalue weighted by molar-refractivity contribution is 14.1. The predicted molar refractivity (Wildman–Crippen MR) is 94.2 cm³/mol. The van der Waals surface area contributed by atoms with E-state index in [1.165, 1.54) is 5.69 Å². The molecule has 1 saturated heterocycles. The average Bonchev–Trinajstić information content (AvgIpc) is 2.96. The van der Waals surface area contributed by atoms with Crippen LogP contribution in [0.25, 0.3) is 16.8 Å². The van der Waals surface area contributed by atoms with Gasteiger partial charge in [0.15, 0.2) is 5.65 Å². The molecular formula is C16H15IN4O. The second kappa shape index (κ2) is 5.85. The minimum absolute atomic E-state index is 0.806. The Hall–Kier alpha value is -1.67. The summed E-state index contributed by atoms with van der Waals surface area (Å²) in [7, 11) is 0. The quantitative estimate of drug-likeness (QED) is 0.614. The summed E-state index contributed by atoms with van der Waals surface area (Å²) in [5, 5.41) is 4.32. The van der Waals surface area contributed by atoms with Crippen LogP contribution in [0.15, 0.2) is 42.9 Å². The molecular weight excluding hydrogens is 391 g/mol. The van der Waals surface area contributed by atoms with Gasteiger partial charge in [0.1, 0.15) is 0 Å². The first-order chi connectivity index (χ1) is 10.8. The second-order valence-corrected chi connectivity index (χ2v) is 6.41. The molecule has 1 aliphatic rings. The normalized spacial score (nSPS) is 15.4. The van der Waals surface area contributed by atoms with E-state index in [0.29, 0.717) is 0 Å². The van der Waals surface area contributed by atoms with Crippen molar-refractivity contribution in [2.75, 3.05) is 31.2 Å². The molecule has 4 rings (SSSR count). The fourth-order valence-electron chi connectivity index (χ4n) is 2.68. The summed E-state index contributed by atoms with van der Waals surface area (Å²) in [5.74, 6) is 0. The largest absolute Gasteiger partial charge is 0.378 e. The van der Waals surface area contributed by atoms with Gasteiger partial charge in [-0.2, -0.15) is 5.10 Å². The molecule has 0 bridgehead atoms. The molecule has 1 aliphatic heterocycles. The van der Waals surface area contributed by atoms with E-state index in [2.05, 4.69) is 61.8 Å². The number of anilines is 1.